The highest BCUT2D eigenvalue weighted by Crippen LogP contribution is 2.35. The first-order valence-electron chi connectivity index (χ1n) is 9.89. The lowest BCUT2D eigenvalue weighted by Crippen LogP contribution is -2.37. The molecule has 1 atom stereocenters. The van der Waals surface area contributed by atoms with Crippen molar-refractivity contribution in [2.75, 3.05) is 18.1 Å². The molecule has 1 saturated heterocycles. The molecule has 29 heavy (non-hydrogen) atoms. The zero-order valence-electron chi connectivity index (χ0n) is 16.5. The van der Waals surface area contributed by atoms with Gasteiger partial charge in [0.1, 0.15) is 5.58 Å². The fraction of sp³-hybridized carbons (Fsp3) is 0.304. The van der Waals surface area contributed by atoms with E-state index in [0.717, 1.165) is 40.6 Å². The van der Waals surface area contributed by atoms with Crippen LogP contribution in [0.25, 0.3) is 21.2 Å². The van der Waals surface area contributed by atoms with Crippen LogP contribution in [-0.2, 0) is 4.74 Å². The van der Waals surface area contributed by atoms with Crippen molar-refractivity contribution in [3.63, 3.8) is 0 Å². The van der Waals surface area contributed by atoms with Crippen LogP contribution < -0.4 is 4.90 Å². The van der Waals surface area contributed by atoms with Crippen molar-refractivity contribution < 1.29 is 13.9 Å². The summed E-state index contributed by atoms with van der Waals surface area (Å²) in [6.07, 6.45) is 2.00. The number of rotatable bonds is 4. The van der Waals surface area contributed by atoms with Gasteiger partial charge in [-0.2, -0.15) is 0 Å². The Kier molecular flexibility index (Phi) is 4.60. The molecule has 1 unspecified atom stereocenters. The molecule has 0 bridgehead atoms. The maximum Gasteiger partial charge on any atom is 0.295 e. The molecule has 0 N–H and O–H groups in total. The largest absolute Gasteiger partial charge is 0.451 e. The molecule has 1 aliphatic heterocycles. The Morgan fingerprint density at radius 2 is 2.03 bits per heavy atom. The van der Waals surface area contributed by atoms with Crippen LogP contribution in [0.15, 0.2) is 46.9 Å². The number of hydrogen-bond donors (Lipinski definition) is 0. The highest BCUT2D eigenvalue weighted by molar-refractivity contribution is 7.22. The van der Waals surface area contributed by atoms with E-state index in [0.29, 0.717) is 23.0 Å². The number of carbonyl (C=O) groups excluding carboxylic acids is 1. The summed E-state index contributed by atoms with van der Waals surface area (Å²) in [5.74, 6) is 0.156. The Morgan fingerprint density at radius 3 is 2.79 bits per heavy atom. The number of aromatic nitrogens is 1. The van der Waals surface area contributed by atoms with Crippen molar-refractivity contribution in [3.8, 4) is 0 Å². The Morgan fingerprint density at radius 1 is 1.21 bits per heavy atom. The first-order chi connectivity index (χ1) is 14.1. The van der Waals surface area contributed by atoms with E-state index in [-0.39, 0.29) is 12.0 Å². The minimum absolute atomic E-state index is 0.0255. The maximum atomic E-state index is 13.5. The van der Waals surface area contributed by atoms with Crippen molar-refractivity contribution in [1.29, 1.82) is 0 Å². The standard InChI is InChI=1S/C23H22N2O3S/c1-14-9-10-15(2)21-20(14)24-23(29-21)25(13-17-7-5-11-27-17)22(26)19-12-16-6-3-4-8-18(16)28-19/h3-4,6,8-10,12,17H,5,7,11,13H2,1-2H3. The van der Waals surface area contributed by atoms with E-state index in [1.54, 1.807) is 16.2 Å². The van der Waals surface area contributed by atoms with E-state index in [9.17, 15) is 4.79 Å². The fourth-order valence-electron chi connectivity index (χ4n) is 3.82. The van der Waals surface area contributed by atoms with Crippen LogP contribution in [0.1, 0.15) is 34.5 Å². The van der Waals surface area contributed by atoms with Crippen LogP contribution in [0.5, 0.6) is 0 Å². The molecule has 2 aromatic carbocycles. The Hall–Kier alpha value is -2.70. The average molecular weight is 407 g/mol. The van der Waals surface area contributed by atoms with Gasteiger partial charge in [0, 0.05) is 12.0 Å². The Bertz CT molecular complexity index is 1130. The minimum atomic E-state index is -0.175. The maximum absolute atomic E-state index is 13.5. The highest BCUT2D eigenvalue weighted by Gasteiger charge is 2.29. The van der Waals surface area contributed by atoms with Crippen LogP contribution >= 0.6 is 11.3 Å². The summed E-state index contributed by atoms with van der Waals surface area (Å²) in [7, 11) is 0. The molecule has 3 heterocycles. The quantitative estimate of drug-likeness (QED) is 0.450. The van der Waals surface area contributed by atoms with Crippen LogP contribution in [-0.4, -0.2) is 30.1 Å². The van der Waals surface area contributed by atoms with Gasteiger partial charge in [-0.3, -0.25) is 9.69 Å². The molecule has 2 aromatic heterocycles. The number of benzene rings is 2. The van der Waals surface area contributed by atoms with Gasteiger partial charge in [0.25, 0.3) is 5.91 Å². The number of hydrogen-bond acceptors (Lipinski definition) is 5. The van der Waals surface area contributed by atoms with Gasteiger partial charge in [0.15, 0.2) is 10.9 Å². The molecule has 6 heteroatoms. The summed E-state index contributed by atoms with van der Waals surface area (Å²) in [4.78, 5) is 20.1. The van der Waals surface area contributed by atoms with Crippen molar-refractivity contribution in [2.24, 2.45) is 0 Å². The number of ether oxygens (including phenoxy) is 1. The van der Waals surface area contributed by atoms with Gasteiger partial charge < -0.3 is 9.15 Å². The molecular formula is C23H22N2O3S. The van der Waals surface area contributed by atoms with E-state index in [1.807, 2.05) is 30.3 Å². The number of nitrogens with zero attached hydrogens (tertiary/aromatic N) is 2. The molecule has 5 nitrogen and oxygen atoms in total. The molecule has 1 fully saturated rings. The summed E-state index contributed by atoms with van der Waals surface area (Å²) < 4.78 is 12.8. The SMILES string of the molecule is Cc1ccc(C)c2sc(N(CC3CCCO3)C(=O)c3cc4ccccc4o3)nc12. The predicted octanol–water partition coefficient (Wildman–Crippen LogP) is 5.49. The van der Waals surface area contributed by atoms with Crippen LogP contribution in [0.4, 0.5) is 5.13 Å². The second-order valence-electron chi connectivity index (χ2n) is 7.57. The van der Waals surface area contributed by atoms with Crippen molar-refractivity contribution >= 4 is 43.6 Å². The smallest absolute Gasteiger partial charge is 0.295 e. The third kappa shape index (κ3) is 3.32. The summed E-state index contributed by atoms with van der Waals surface area (Å²) in [6, 6.07) is 13.7. The zero-order valence-corrected chi connectivity index (χ0v) is 17.3. The number of para-hydroxylation sites is 1. The monoisotopic (exact) mass is 406 g/mol. The second kappa shape index (κ2) is 7.28. The number of fused-ring (bicyclic) bond motifs is 2. The molecule has 5 rings (SSSR count). The van der Waals surface area contributed by atoms with Gasteiger partial charge in [-0.25, -0.2) is 4.98 Å². The van der Waals surface area contributed by atoms with Crippen molar-refractivity contribution in [1.82, 2.24) is 4.98 Å². The van der Waals surface area contributed by atoms with E-state index in [1.165, 1.54) is 5.56 Å². The van der Waals surface area contributed by atoms with Gasteiger partial charge in [-0.1, -0.05) is 41.7 Å². The van der Waals surface area contributed by atoms with Crippen LogP contribution in [0.3, 0.4) is 0 Å². The van der Waals surface area contributed by atoms with Gasteiger partial charge in [-0.15, -0.1) is 0 Å². The molecule has 0 aliphatic carbocycles. The summed E-state index contributed by atoms with van der Waals surface area (Å²) in [6.45, 7) is 5.36. The van der Waals surface area contributed by atoms with E-state index < -0.39 is 0 Å². The third-order valence-electron chi connectivity index (χ3n) is 5.45. The zero-order chi connectivity index (χ0) is 20.0. The van der Waals surface area contributed by atoms with Gasteiger partial charge in [-0.05, 0) is 49.9 Å². The molecule has 0 radical (unpaired) electrons. The molecule has 0 spiro atoms. The number of amides is 1. The number of carbonyl (C=O) groups is 1. The lowest BCUT2D eigenvalue weighted by Gasteiger charge is -2.22. The molecule has 4 aromatic rings. The molecular weight excluding hydrogens is 384 g/mol. The summed E-state index contributed by atoms with van der Waals surface area (Å²) in [5.41, 5.74) is 3.95. The highest BCUT2D eigenvalue weighted by atomic mass is 32.1. The fourth-order valence-corrected chi connectivity index (χ4v) is 4.94. The number of thiazole rings is 1. The lowest BCUT2D eigenvalue weighted by atomic mass is 10.1. The van der Waals surface area contributed by atoms with Crippen molar-refractivity contribution in [2.45, 2.75) is 32.8 Å². The first kappa shape index (κ1) is 18.3. The molecule has 1 aliphatic rings. The summed E-state index contributed by atoms with van der Waals surface area (Å²) >= 11 is 1.56. The van der Waals surface area contributed by atoms with Crippen LogP contribution in [0, 0.1) is 13.8 Å². The molecule has 148 valence electrons. The van der Waals surface area contributed by atoms with E-state index in [2.05, 4.69) is 26.0 Å². The van der Waals surface area contributed by atoms with Gasteiger partial charge in [0.05, 0.1) is 22.9 Å². The number of anilines is 1. The second-order valence-corrected chi connectivity index (χ2v) is 8.55. The van der Waals surface area contributed by atoms with Crippen LogP contribution in [0.2, 0.25) is 0 Å². The molecule has 1 amide bonds. The molecule has 0 saturated carbocycles. The van der Waals surface area contributed by atoms with Gasteiger partial charge in [0.2, 0.25) is 0 Å². The first-order valence-corrected chi connectivity index (χ1v) is 10.7. The van der Waals surface area contributed by atoms with E-state index in [4.69, 9.17) is 14.1 Å². The lowest BCUT2D eigenvalue weighted by molar-refractivity contribution is 0.0896. The minimum Gasteiger partial charge on any atom is -0.451 e. The summed E-state index contributed by atoms with van der Waals surface area (Å²) in [5, 5.41) is 1.61. The van der Waals surface area contributed by atoms with Crippen molar-refractivity contribution in [3.05, 3.63) is 59.4 Å². The van der Waals surface area contributed by atoms with E-state index >= 15 is 0 Å². The number of aryl methyl sites for hydroxylation is 2. The Labute approximate surface area is 172 Å². The normalized spacial score (nSPS) is 16.7. The topological polar surface area (TPSA) is 55.6 Å². The van der Waals surface area contributed by atoms with Gasteiger partial charge >= 0.3 is 0 Å². The Balaban J connectivity index is 1.58. The average Bonchev–Trinajstić information content (AvgIpc) is 3.47. The third-order valence-corrected chi connectivity index (χ3v) is 6.67. The predicted molar refractivity (Wildman–Crippen MR) is 116 cm³/mol. The number of furan rings is 1.